The van der Waals surface area contributed by atoms with E-state index in [0.29, 0.717) is 18.7 Å². The first-order chi connectivity index (χ1) is 10.1. The second kappa shape index (κ2) is 5.48. The van der Waals surface area contributed by atoms with Crippen molar-refractivity contribution in [1.29, 1.82) is 0 Å². The quantitative estimate of drug-likeness (QED) is 0.810. The number of rotatable bonds is 3. The Morgan fingerprint density at radius 3 is 2.90 bits per heavy atom. The van der Waals surface area contributed by atoms with E-state index in [2.05, 4.69) is 16.7 Å². The number of benzene rings is 2. The molecule has 0 unspecified atom stereocenters. The van der Waals surface area contributed by atoms with Gasteiger partial charge in [-0.05, 0) is 43.2 Å². The number of nitrogens with one attached hydrogen (secondary N) is 2. The average molecular weight is 282 g/mol. The molecule has 0 saturated heterocycles. The van der Waals surface area contributed by atoms with Crippen LogP contribution in [0.25, 0.3) is 0 Å². The van der Waals surface area contributed by atoms with Crippen LogP contribution in [-0.2, 0) is 17.8 Å². The lowest BCUT2D eigenvalue weighted by molar-refractivity contribution is -0.116. The van der Waals surface area contributed by atoms with E-state index in [4.69, 9.17) is 0 Å². The number of anilines is 2. The van der Waals surface area contributed by atoms with Crippen molar-refractivity contribution < 1.29 is 9.90 Å². The number of amides is 1. The minimum Gasteiger partial charge on any atom is -0.508 e. The van der Waals surface area contributed by atoms with Gasteiger partial charge in [0.15, 0.2) is 0 Å². The highest BCUT2D eigenvalue weighted by molar-refractivity contribution is 5.94. The number of aromatic hydroxyl groups is 1. The van der Waals surface area contributed by atoms with Gasteiger partial charge in [0.05, 0.1) is 0 Å². The van der Waals surface area contributed by atoms with Crippen molar-refractivity contribution in [2.24, 2.45) is 0 Å². The normalized spacial score (nSPS) is 13.5. The summed E-state index contributed by atoms with van der Waals surface area (Å²) in [5.74, 6) is 0.381. The Kier molecular flexibility index (Phi) is 3.52. The minimum absolute atomic E-state index is 0.0768. The summed E-state index contributed by atoms with van der Waals surface area (Å²) in [6.07, 6.45) is 1.31. The zero-order chi connectivity index (χ0) is 14.8. The highest BCUT2D eigenvalue weighted by atomic mass is 16.3. The zero-order valence-corrected chi connectivity index (χ0v) is 11.9. The maximum Gasteiger partial charge on any atom is 0.224 e. The Balaban J connectivity index is 1.74. The Hall–Kier alpha value is -2.49. The molecule has 0 bridgehead atoms. The van der Waals surface area contributed by atoms with E-state index in [0.717, 1.165) is 34.5 Å². The molecule has 0 atom stereocenters. The summed E-state index contributed by atoms with van der Waals surface area (Å²) in [7, 11) is 0. The molecule has 3 N–H and O–H groups in total. The molecule has 0 aliphatic carbocycles. The van der Waals surface area contributed by atoms with Crippen molar-refractivity contribution in [3.63, 3.8) is 0 Å². The number of carbonyl (C=O) groups excluding carboxylic acids is 1. The van der Waals surface area contributed by atoms with Crippen LogP contribution in [-0.4, -0.2) is 11.0 Å². The fourth-order valence-electron chi connectivity index (χ4n) is 2.55. The first-order valence-electron chi connectivity index (χ1n) is 7.07. The Bertz CT molecular complexity index is 695. The number of hydrogen-bond donors (Lipinski definition) is 3. The molecule has 4 nitrogen and oxygen atoms in total. The molecule has 3 rings (SSSR count). The predicted molar refractivity (Wildman–Crippen MR) is 83.6 cm³/mol. The van der Waals surface area contributed by atoms with Crippen molar-refractivity contribution in [2.45, 2.75) is 26.3 Å². The van der Waals surface area contributed by atoms with Crippen molar-refractivity contribution in [2.75, 3.05) is 10.6 Å². The number of fused-ring (bicyclic) bond motifs is 1. The number of aryl methyl sites for hydroxylation is 2. The van der Waals surface area contributed by atoms with Crippen LogP contribution in [0.15, 0.2) is 36.4 Å². The van der Waals surface area contributed by atoms with Gasteiger partial charge in [0, 0.05) is 29.9 Å². The molecule has 2 aromatic rings. The van der Waals surface area contributed by atoms with Gasteiger partial charge >= 0.3 is 0 Å². The number of phenols is 1. The van der Waals surface area contributed by atoms with Crippen LogP contribution < -0.4 is 10.6 Å². The molecule has 4 heteroatoms. The first-order valence-corrected chi connectivity index (χ1v) is 7.07. The molecule has 0 fully saturated rings. The van der Waals surface area contributed by atoms with Crippen molar-refractivity contribution in [1.82, 2.24) is 0 Å². The fraction of sp³-hybridized carbons (Fsp3) is 0.235. The van der Waals surface area contributed by atoms with Crippen LogP contribution in [0.3, 0.4) is 0 Å². The fourth-order valence-corrected chi connectivity index (χ4v) is 2.55. The molecular formula is C17H18N2O2. The Labute approximate surface area is 123 Å². The van der Waals surface area contributed by atoms with Crippen molar-refractivity contribution in [3.05, 3.63) is 53.1 Å². The lowest BCUT2D eigenvalue weighted by Gasteiger charge is -2.18. The van der Waals surface area contributed by atoms with Gasteiger partial charge in [0.2, 0.25) is 5.91 Å². The monoisotopic (exact) mass is 282 g/mol. The van der Waals surface area contributed by atoms with E-state index >= 15 is 0 Å². The van der Waals surface area contributed by atoms with Gasteiger partial charge in [-0.15, -0.1) is 0 Å². The largest absolute Gasteiger partial charge is 0.508 e. The van der Waals surface area contributed by atoms with Crippen LogP contribution in [0.1, 0.15) is 23.1 Å². The third kappa shape index (κ3) is 2.99. The van der Waals surface area contributed by atoms with Crippen LogP contribution in [0, 0.1) is 6.92 Å². The molecule has 0 spiro atoms. The zero-order valence-electron chi connectivity index (χ0n) is 11.9. The molecule has 21 heavy (non-hydrogen) atoms. The number of carbonyl (C=O) groups is 1. The molecular weight excluding hydrogens is 264 g/mol. The molecule has 108 valence electrons. The van der Waals surface area contributed by atoms with Gasteiger partial charge in [-0.25, -0.2) is 0 Å². The van der Waals surface area contributed by atoms with E-state index in [9.17, 15) is 9.90 Å². The van der Waals surface area contributed by atoms with Gasteiger partial charge in [0.1, 0.15) is 5.75 Å². The maximum absolute atomic E-state index is 11.3. The first kappa shape index (κ1) is 13.5. The molecule has 0 aromatic heterocycles. The number of phenolic OH excluding ortho intramolecular Hbond substituents is 1. The molecule has 0 radical (unpaired) electrons. The lowest BCUT2D eigenvalue weighted by atomic mass is 10.0. The maximum atomic E-state index is 11.3. The summed E-state index contributed by atoms with van der Waals surface area (Å²) >= 11 is 0. The van der Waals surface area contributed by atoms with Gasteiger partial charge in [-0.2, -0.15) is 0 Å². The van der Waals surface area contributed by atoms with Gasteiger partial charge < -0.3 is 15.7 Å². The van der Waals surface area contributed by atoms with Gasteiger partial charge in [0.25, 0.3) is 0 Å². The molecule has 0 saturated carbocycles. The van der Waals surface area contributed by atoms with Gasteiger partial charge in [-0.3, -0.25) is 4.79 Å². The average Bonchev–Trinajstić information content (AvgIpc) is 2.48. The summed E-state index contributed by atoms with van der Waals surface area (Å²) < 4.78 is 0. The van der Waals surface area contributed by atoms with E-state index < -0.39 is 0 Å². The van der Waals surface area contributed by atoms with Crippen LogP contribution in [0.2, 0.25) is 0 Å². The lowest BCUT2D eigenvalue weighted by Crippen LogP contribution is -2.18. The van der Waals surface area contributed by atoms with E-state index in [-0.39, 0.29) is 5.91 Å². The second-order valence-electron chi connectivity index (χ2n) is 5.41. The third-order valence-electron chi connectivity index (χ3n) is 3.72. The summed E-state index contributed by atoms with van der Waals surface area (Å²) in [6.45, 7) is 2.57. The summed E-state index contributed by atoms with van der Waals surface area (Å²) in [5, 5.41) is 16.0. The third-order valence-corrected chi connectivity index (χ3v) is 3.72. The van der Waals surface area contributed by atoms with Crippen LogP contribution in [0.4, 0.5) is 11.4 Å². The predicted octanol–water partition coefficient (Wildman–Crippen LogP) is 3.20. The molecule has 2 aromatic carbocycles. The minimum atomic E-state index is 0.0768. The topological polar surface area (TPSA) is 61.4 Å². The SMILES string of the molecule is Cc1ccc(O)c(CNc2ccc3c(c2)CCC(=O)N3)c1. The molecule has 1 aliphatic heterocycles. The van der Waals surface area contributed by atoms with E-state index in [1.54, 1.807) is 6.07 Å². The molecule has 1 aliphatic rings. The van der Waals surface area contributed by atoms with Gasteiger partial charge in [-0.1, -0.05) is 17.7 Å². The van der Waals surface area contributed by atoms with E-state index in [1.807, 2.05) is 31.2 Å². The standard InChI is InChI=1S/C17H18N2O2/c1-11-2-6-16(20)13(8-11)10-18-14-4-5-15-12(9-14)3-7-17(21)19-15/h2,4-6,8-9,18,20H,3,7,10H2,1H3,(H,19,21). The van der Waals surface area contributed by atoms with Crippen molar-refractivity contribution >= 4 is 17.3 Å². The summed E-state index contributed by atoms with van der Waals surface area (Å²) in [6, 6.07) is 11.5. The summed E-state index contributed by atoms with van der Waals surface area (Å²) in [5.41, 5.74) is 5.04. The highest BCUT2D eigenvalue weighted by Gasteiger charge is 2.14. The smallest absolute Gasteiger partial charge is 0.224 e. The Morgan fingerprint density at radius 2 is 2.05 bits per heavy atom. The van der Waals surface area contributed by atoms with Crippen LogP contribution >= 0.6 is 0 Å². The van der Waals surface area contributed by atoms with E-state index in [1.165, 1.54) is 0 Å². The highest BCUT2D eigenvalue weighted by Crippen LogP contribution is 2.26. The van der Waals surface area contributed by atoms with Crippen molar-refractivity contribution in [3.8, 4) is 5.75 Å². The molecule has 1 heterocycles. The number of hydrogen-bond acceptors (Lipinski definition) is 3. The second-order valence-corrected chi connectivity index (χ2v) is 5.41. The Morgan fingerprint density at radius 1 is 1.19 bits per heavy atom. The molecule has 1 amide bonds. The summed E-state index contributed by atoms with van der Waals surface area (Å²) in [4.78, 5) is 11.3. The van der Waals surface area contributed by atoms with Crippen LogP contribution in [0.5, 0.6) is 5.75 Å².